The minimum absolute atomic E-state index is 0.0894. The molecule has 0 fully saturated rings. The lowest BCUT2D eigenvalue weighted by Crippen LogP contribution is -1.96. The molecule has 76 valence electrons. The molecule has 0 radical (unpaired) electrons. The second kappa shape index (κ2) is 4.31. The van der Waals surface area contributed by atoms with Gasteiger partial charge in [-0.3, -0.25) is 9.78 Å². The van der Waals surface area contributed by atoms with Crippen LogP contribution >= 0.6 is 11.3 Å². The van der Waals surface area contributed by atoms with E-state index < -0.39 is 0 Å². The molecule has 0 aromatic carbocycles. The van der Waals surface area contributed by atoms with Gasteiger partial charge in [-0.05, 0) is 12.1 Å². The van der Waals surface area contributed by atoms with E-state index in [-0.39, 0.29) is 5.78 Å². The fourth-order valence-electron chi connectivity index (χ4n) is 1.21. The summed E-state index contributed by atoms with van der Waals surface area (Å²) in [7, 11) is 0. The Labute approximate surface area is 91.8 Å². The first kappa shape index (κ1) is 9.98. The van der Waals surface area contributed by atoms with Crippen molar-refractivity contribution in [3.05, 3.63) is 35.6 Å². The number of rotatable bonds is 3. The number of aromatic nitrogens is 2. The van der Waals surface area contributed by atoms with E-state index in [1.807, 2.05) is 24.4 Å². The zero-order chi connectivity index (χ0) is 10.7. The zero-order valence-electron chi connectivity index (χ0n) is 8.30. The van der Waals surface area contributed by atoms with Crippen LogP contribution in [0.25, 0.3) is 10.6 Å². The second-order valence-electron chi connectivity index (χ2n) is 3.05. The topological polar surface area (TPSA) is 42.9 Å². The molecular formula is C11H10N2OS. The van der Waals surface area contributed by atoms with Crippen molar-refractivity contribution in [2.75, 3.05) is 0 Å². The maximum Gasteiger partial charge on any atom is 0.181 e. The Hall–Kier alpha value is -1.55. The largest absolute Gasteiger partial charge is 0.292 e. The SMILES string of the molecule is CCC(=O)c1csc(-c2ccncc2)n1. The first-order chi connectivity index (χ1) is 7.31. The Balaban J connectivity index is 2.32. The number of nitrogens with zero attached hydrogens (tertiary/aromatic N) is 2. The summed E-state index contributed by atoms with van der Waals surface area (Å²) in [5, 5.41) is 2.68. The molecule has 3 nitrogen and oxygen atoms in total. The molecule has 0 aliphatic rings. The summed E-state index contributed by atoms with van der Waals surface area (Å²) in [6.45, 7) is 1.84. The summed E-state index contributed by atoms with van der Waals surface area (Å²) in [6.07, 6.45) is 3.94. The molecule has 0 aliphatic carbocycles. The van der Waals surface area contributed by atoms with Crippen molar-refractivity contribution in [2.24, 2.45) is 0 Å². The quantitative estimate of drug-likeness (QED) is 0.744. The third-order valence-electron chi connectivity index (χ3n) is 2.04. The number of Topliss-reactive ketones (excluding diaryl/α,β-unsaturated/α-hetero) is 1. The van der Waals surface area contributed by atoms with Crippen LogP contribution in [0.4, 0.5) is 0 Å². The summed E-state index contributed by atoms with van der Waals surface area (Å²) in [5.74, 6) is 0.0894. The van der Waals surface area contributed by atoms with Gasteiger partial charge < -0.3 is 0 Å². The number of ketones is 1. The van der Waals surface area contributed by atoms with E-state index in [4.69, 9.17) is 0 Å². The van der Waals surface area contributed by atoms with E-state index in [1.165, 1.54) is 11.3 Å². The van der Waals surface area contributed by atoms with E-state index in [9.17, 15) is 4.79 Å². The van der Waals surface area contributed by atoms with Gasteiger partial charge in [0.05, 0.1) is 0 Å². The van der Waals surface area contributed by atoms with Gasteiger partial charge in [0.1, 0.15) is 10.7 Å². The minimum Gasteiger partial charge on any atom is -0.292 e. The van der Waals surface area contributed by atoms with E-state index in [0.717, 1.165) is 10.6 Å². The van der Waals surface area contributed by atoms with Crippen LogP contribution in [-0.4, -0.2) is 15.8 Å². The van der Waals surface area contributed by atoms with Crippen LogP contribution in [-0.2, 0) is 0 Å². The van der Waals surface area contributed by atoms with Gasteiger partial charge in [-0.2, -0.15) is 0 Å². The van der Waals surface area contributed by atoms with Crippen molar-refractivity contribution in [1.29, 1.82) is 0 Å². The summed E-state index contributed by atoms with van der Waals surface area (Å²) in [5.41, 5.74) is 1.57. The lowest BCUT2D eigenvalue weighted by molar-refractivity contribution is 0.0984. The summed E-state index contributed by atoms with van der Waals surface area (Å²) >= 11 is 1.49. The molecule has 2 aromatic rings. The van der Waals surface area contributed by atoms with Crippen LogP contribution in [0.15, 0.2) is 29.9 Å². The molecule has 0 aliphatic heterocycles. The normalized spacial score (nSPS) is 10.2. The summed E-state index contributed by atoms with van der Waals surface area (Å²) in [6, 6.07) is 3.78. The van der Waals surface area contributed by atoms with Crippen LogP contribution in [0.5, 0.6) is 0 Å². The standard InChI is InChI=1S/C11H10N2OS/c1-2-10(14)9-7-15-11(13-9)8-3-5-12-6-4-8/h3-7H,2H2,1H3. The molecule has 0 saturated carbocycles. The summed E-state index contributed by atoms with van der Waals surface area (Å²) in [4.78, 5) is 19.6. The van der Waals surface area contributed by atoms with E-state index >= 15 is 0 Å². The monoisotopic (exact) mass is 218 g/mol. The van der Waals surface area contributed by atoms with Crippen molar-refractivity contribution in [2.45, 2.75) is 13.3 Å². The number of carbonyl (C=O) groups is 1. The Morgan fingerprint density at radius 3 is 2.80 bits per heavy atom. The molecule has 2 aromatic heterocycles. The highest BCUT2D eigenvalue weighted by molar-refractivity contribution is 7.13. The number of carbonyl (C=O) groups excluding carboxylic acids is 1. The van der Waals surface area contributed by atoms with Crippen molar-refractivity contribution >= 4 is 17.1 Å². The molecule has 0 spiro atoms. The number of thiazole rings is 1. The predicted molar refractivity (Wildman–Crippen MR) is 60.0 cm³/mol. The second-order valence-corrected chi connectivity index (χ2v) is 3.91. The van der Waals surface area contributed by atoms with Crippen LogP contribution in [0.1, 0.15) is 23.8 Å². The van der Waals surface area contributed by atoms with Gasteiger partial charge >= 0.3 is 0 Å². The molecular weight excluding hydrogens is 208 g/mol. The Kier molecular flexibility index (Phi) is 2.87. The molecule has 0 bridgehead atoms. The van der Waals surface area contributed by atoms with Crippen molar-refractivity contribution in [1.82, 2.24) is 9.97 Å². The molecule has 0 saturated heterocycles. The molecule has 15 heavy (non-hydrogen) atoms. The maximum absolute atomic E-state index is 11.4. The molecule has 0 unspecified atom stereocenters. The van der Waals surface area contributed by atoms with Crippen molar-refractivity contribution < 1.29 is 4.79 Å². The van der Waals surface area contributed by atoms with Crippen LogP contribution in [0.2, 0.25) is 0 Å². The predicted octanol–water partition coefficient (Wildman–Crippen LogP) is 2.80. The van der Waals surface area contributed by atoms with Gasteiger partial charge in [0.2, 0.25) is 0 Å². The molecule has 2 heterocycles. The van der Waals surface area contributed by atoms with Gasteiger partial charge in [-0.1, -0.05) is 6.92 Å². The summed E-state index contributed by atoms with van der Waals surface area (Å²) < 4.78 is 0. The zero-order valence-corrected chi connectivity index (χ0v) is 9.12. The fraction of sp³-hybridized carbons (Fsp3) is 0.182. The van der Waals surface area contributed by atoms with E-state index in [1.54, 1.807) is 12.4 Å². The third kappa shape index (κ3) is 2.10. The van der Waals surface area contributed by atoms with Gasteiger partial charge in [-0.15, -0.1) is 11.3 Å². The highest BCUT2D eigenvalue weighted by atomic mass is 32.1. The number of hydrogen-bond donors (Lipinski definition) is 0. The average molecular weight is 218 g/mol. The van der Waals surface area contributed by atoms with Gasteiger partial charge in [0.15, 0.2) is 5.78 Å². The maximum atomic E-state index is 11.4. The van der Waals surface area contributed by atoms with E-state index in [0.29, 0.717) is 12.1 Å². The smallest absolute Gasteiger partial charge is 0.181 e. The highest BCUT2D eigenvalue weighted by Gasteiger charge is 2.09. The van der Waals surface area contributed by atoms with Gasteiger partial charge in [0, 0.05) is 29.8 Å². The van der Waals surface area contributed by atoms with Crippen molar-refractivity contribution in [3.63, 3.8) is 0 Å². The molecule has 2 rings (SSSR count). The first-order valence-corrected chi connectivity index (χ1v) is 5.58. The van der Waals surface area contributed by atoms with Crippen LogP contribution < -0.4 is 0 Å². The van der Waals surface area contributed by atoms with Crippen LogP contribution in [0, 0.1) is 0 Å². The molecule has 0 atom stereocenters. The number of pyridine rings is 1. The highest BCUT2D eigenvalue weighted by Crippen LogP contribution is 2.23. The number of hydrogen-bond acceptors (Lipinski definition) is 4. The molecule has 4 heteroatoms. The van der Waals surface area contributed by atoms with Crippen molar-refractivity contribution in [3.8, 4) is 10.6 Å². The van der Waals surface area contributed by atoms with Gasteiger partial charge in [0.25, 0.3) is 0 Å². The Morgan fingerprint density at radius 2 is 2.13 bits per heavy atom. The molecule has 0 N–H and O–H groups in total. The third-order valence-corrected chi connectivity index (χ3v) is 2.93. The average Bonchev–Trinajstić information content (AvgIpc) is 2.78. The fourth-order valence-corrected chi connectivity index (χ4v) is 2.04. The minimum atomic E-state index is 0.0894. The first-order valence-electron chi connectivity index (χ1n) is 4.70. The van der Waals surface area contributed by atoms with Gasteiger partial charge in [-0.25, -0.2) is 4.98 Å². The Morgan fingerprint density at radius 1 is 1.40 bits per heavy atom. The van der Waals surface area contributed by atoms with E-state index in [2.05, 4.69) is 9.97 Å². The van der Waals surface area contributed by atoms with Crippen LogP contribution in [0.3, 0.4) is 0 Å². The lowest BCUT2D eigenvalue weighted by atomic mass is 10.2. The Bertz CT molecular complexity index is 464. The molecule has 0 amide bonds. The lowest BCUT2D eigenvalue weighted by Gasteiger charge is -1.93.